The van der Waals surface area contributed by atoms with Crippen molar-refractivity contribution in [2.45, 2.75) is 83.7 Å². The molecular formula is C21H35NO2. The summed E-state index contributed by atoms with van der Waals surface area (Å²) in [6.45, 7) is 8.61. The van der Waals surface area contributed by atoms with Crippen molar-refractivity contribution in [3.8, 4) is 0 Å². The fourth-order valence-electron chi connectivity index (χ4n) is 3.56. The van der Waals surface area contributed by atoms with Gasteiger partial charge in [0.2, 0.25) is 0 Å². The lowest BCUT2D eigenvalue weighted by Gasteiger charge is -2.30. The molecule has 1 fully saturated rings. The molecule has 0 heterocycles. The molecule has 1 aliphatic carbocycles. The first-order chi connectivity index (χ1) is 11.4. The first kappa shape index (κ1) is 20.7. The SMILES string of the molecule is CC(C)NC(C)C.COC(=O)C1(c2ccccc2)CCCCCC1. The topological polar surface area (TPSA) is 38.3 Å². The fraction of sp³-hybridized carbons (Fsp3) is 0.667. The maximum atomic E-state index is 12.2. The summed E-state index contributed by atoms with van der Waals surface area (Å²) < 4.78 is 5.06. The molecule has 0 amide bonds. The number of carbonyl (C=O) groups is 1. The molecule has 2 rings (SSSR count). The van der Waals surface area contributed by atoms with E-state index in [2.05, 4.69) is 45.1 Å². The van der Waals surface area contributed by atoms with Crippen LogP contribution in [0.2, 0.25) is 0 Å². The second kappa shape index (κ2) is 10.5. The van der Waals surface area contributed by atoms with Crippen molar-refractivity contribution in [1.82, 2.24) is 5.32 Å². The van der Waals surface area contributed by atoms with Gasteiger partial charge in [-0.3, -0.25) is 4.79 Å². The highest BCUT2D eigenvalue weighted by molar-refractivity contribution is 5.83. The van der Waals surface area contributed by atoms with Crippen LogP contribution in [-0.4, -0.2) is 25.2 Å². The quantitative estimate of drug-likeness (QED) is 0.632. The molecule has 3 nitrogen and oxygen atoms in total. The second-order valence-corrected chi connectivity index (χ2v) is 7.33. The zero-order chi connectivity index (χ0) is 18.0. The maximum Gasteiger partial charge on any atom is 0.316 e. The summed E-state index contributed by atoms with van der Waals surface area (Å²) in [5.74, 6) is -0.0643. The summed E-state index contributed by atoms with van der Waals surface area (Å²) >= 11 is 0. The van der Waals surface area contributed by atoms with Crippen LogP contribution in [0.25, 0.3) is 0 Å². The molecule has 1 aliphatic rings. The molecule has 0 aliphatic heterocycles. The highest BCUT2D eigenvalue weighted by Crippen LogP contribution is 2.39. The van der Waals surface area contributed by atoms with Gasteiger partial charge in [0.15, 0.2) is 0 Å². The molecule has 3 heteroatoms. The standard InChI is InChI=1S/C15H20O2.C6H15N/c1-17-14(16)15(11-7-2-3-8-12-15)13-9-5-4-6-10-13;1-5(2)7-6(3)4/h4-6,9-10H,2-3,7-8,11-12H2,1H3;5-7H,1-4H3. The van der Waals surface area contributed by atoms with Crippen LogP contribution in [0.1, 0.15) is 71.8 Å². The normalized spacial score (nSPS) is 17.0. The van der Waals surface area contributed by atoms with Crippen LogP contribution < -0.4 is 5.32 Å². The average molecular weight is 334 g/mol. The predicted octanol–water partition coefficient (Wildman–Crippen LogP) is 4.84. The first-order valence-corrected chi connectivity index (χ1v) is 9.32. The number of nitrogens with one attached hydrogen (secondary N) is 1. The maximum absolute atomic E-state index is 12.2. The molecule has 1 saturated carbocycles. The molecule has 24 heavy (non-hydrogen) atoms. The van der Waals surface area contributed by atoms with Crippen LogP contribution in [0, 0.1) is 0 Å². The largest absolute Gasteiger partial charge is 0.468 e. The molecule has 0 atom stereocenters. The smallest absolute Gasteiger partial charge is 0.316 e. The van der Waals surface area contributed by atoms with Crippen LogP contribution in [0.5, 0.6) is 0 Å². The fourth-order valence-corrected chi connectivity index (χ4v) is 3.56. The van der Waals surface area contributed by atoms with Crippen LogP contribution in [0.3, 0.4) is 0 Å². The van der Waals surface area contributed by atoms with Gasteiger partial charge in [-0.15, -0.1) is 0 Å². The van der Waals surface area contributed by atoms with E-state index in [4.69, 9.17) is 4.74 Å². The summed E-state index contributed by atoms with van der Waals surface area (Å²) in [4.78, 5) is 12.2. The highest BCUT2D eigenvalue weighted by Gasteiger charge is 2.41. The monoisotopic (exact) mass is 333 g/mol. The number of ether oxygens (including phenoxy) is 1. The van der Waals surface area contributed by atoms with Crippen LogP contribution >= 0.6 is 0 Å². The third-order valence-corrected chi connectivity index (χ3v) is 4.53. The van der Waals surface area contributed by atoms with E-state index in [1.54, 1.807) is 0 Å². The molecule has 0 saturated heterocycles. The van der Waals surface area contributed by atoms with Crippen molar-refractivity contribution in [3.63, 3.8) is 0 Å². The van der Waals surface area contributed by atoms with E-state index in [1.165, 1.54) is 20.0 Å². The van der Waals surface area contributed by atoms with E-state index in [0.717, 1.165) is 31.2 Å². The Morgan fingerprint density at radius 3 is 1.83 bits per heavy atom. The number of carbonyl (C=O) groups excluding carboxylic acids is 1. The van der Waals surface area contributed by atoms with E-state index in [0.29, 0.717) is 12.1 Å². The number of esters is 1. The summed E-state index contributed by atoms with van der Waals surface area (Å²) in [5.41, 5.74) is 0.723. The zero-order valence-electron chi connectivity index (χ0n) is 16.1. The molecule has 0 radical (unpaired) electrons. The van der Waals surface area contributed by atoms with Crippen molar-refractivity contribution in [1.29, 1.82) is 0 Å². The zero-order valence-corrected chi connectivity index (χ0v) is 16.1. The van der Waals surface area contributed by atoms with E-state index in [9.17, 15) is 4.79 Å². The van der Waals surface area contributed by atoms with Gasteiger partial charge in [0.25, 0.3) is 0 Å². The second-order valence-electron chi connectivity index (χ2n) is 7.33. The summed E-state index contributed by atoms with van der Waals surface area (Å²) in [6.07, 6.45) is 6.53. The summed E-state index contributed by atoms with van der Waals surface area (Å²) in [5, 5.41) is 3.31. The Kier molecular flexibility index (Phi) is 9.05. The number of benzene rings is 1. The predicted molar refractivity (Wildman–Crippen MR) is 101 cm³/mol. The number of hydrogen-bond donors (Lipinski definition) is 1. The lowest BCUT2D eigenvalue weighted by Crippen LogP contribution is -2.36. The van der Waals surface area contributed by atoms with Crippen LogP contribution in [0.4, 0.5) is 0 Å². The van der Waals surface area contributed by atoms with Crippen molar-refractivity contribution in [2.24, 2.45) is 0 Å². The Bertz CT molecular complexity index is 454. The van der Waals surface area contributed by atoms with Crippen molar-refractivity contribution in [3.05, 3.63) is 35.9 Å². The van der Waals surface area contributed by atoms with Gasteiger partial charge in [-0.2, -0.15) is 0 Å². The van der Waals surface area contributed by atoms with Crippen LogP contribution in [0.15, 0.2) is 30.3 Å². The van der Waals surface area contributed by atoms with Gasteiger partial charge >= 0.3 is 5.97 Å². The molecule has 0 unspecified atom stereocenters. The Labute approximate surface area is 148 Å². The Morgan fingerprint density at radius 2 is 1.46 bits per heavy atom. The van der Waals surface area contributed by atoms with Crippen LogP contribution in [-0.2, 0) is 14.9 Å². The average Bonchev–Trinajstić information content (AvgIpc) is 2.81. The van der Waals surface area contributed by atoms with Crippen molar-refractivity contribution < 1.29 is 9.53 Å². The molecule has 0 bridgehead atoms. The third kappa shape index (κ3) is 6.27. The molecule has 1 aromatic rings. The molecular weight excluding hydrogens is 298 g/mol. The third-order valence-electron chi connectivity index (χ3n) is 4.53. The van der Waals surface area contributed by atoms with E-state index in [1.807, 2.05) is 18.2 Å². The Hall–Kier alpha value is -1.35. The molecule has 0 spiro atoms. The van der Waals surface area contributed by atoms with E-state index >= 15 is 0 Å². The molecule has 136 valence electrons. The summed E-state index contributed by atoms with van der Waals surface area (Å²) in [6, 6.07) is 11.4. The number of rotatable bonds is 4. The van der Waals surface area contributed by atoms with Gasteiger partial charge in [-0.25, -0.2) is 0 Å². The van der Waals surface area contributed by atoms with Gasteiger partial charge in [-0.1, -0.05) is 83.7 Å². The minimum atomic E-state index is -0.396. The van der Waals surface area contributed by atoms with Crippen molar-refractivity contribution >= 4 is 5.97 Å². The summed E-state index contributed by atoms with van der Waals surface area (Å²) in [7, 11) is 1.50. The van der Waals surface area contributed by atoms with Crippen molar-refractivity contribution in [2.75, 3.05) is 7.11 Å². The number of hydrogen-bond acceptors (Lipinski definition) is 3. The first-order valence-electron chi connectivity index (χ1n) is 9.32. The van der Waals surface area contributed by atoms with E-state index < -0.39 is 5.41 Å². The van der Waals surface area contributed by atoms with Gasteiger partial charge in [0, 0.05) is 12.1 Å². The lowest BCUT2D eigenvalue weighted by atomic mass is 9.74. The number of methoxy groups -OCH3 is 1. The van der Waals surface area contributed by atoms with Gasteiger partial charge in [0.1, 0.15) is 0 Å². The lowest BCUT2D eigenvalue weighted by molar-refractivity contribution is -0.148. The van der Waals surface area contributed by atoms with E-state index in [-0.39, 0.29) is 5.97 Å². The molecule has 1 aromatic carbocycles. The minimum Gasteiger partial charge on any atom is -0.468 e. The Balaban J connectivity index is 0.000000351. The van der Waals surface area contributed by atoms with Gasteiger partial charge < -0.3 is 10.1 Å². The van der Waals surface area contributed by atoms with Gasteiger partial charge in [-0.05, 0) is 18.4 Å². The minimum absolute atomic E-state index is 0.0643. The Morgan fingerprint density at radius 1 is 0.958 bits per heavy atom. The highest BCUT2D eigenvalue weighted by atomic mass is 16.5. The van der Waals surface area contributed by atoms with Gasteiger partial charge in [0.05, 0.1) is 12.5 Å². The molecule has 1 N–H and O–H groups in total. The molecule has 0 aromatic heterocycles.